The number of hydrogen-bond acceptors (Lipinski definition) is 3. The molecule has 0 spiro atoms. The predicted molar refractivity (Wildman–Crippen MR) is 119 cm³/mol. The first-order chi connectivity index (χ1) is 14.0. The van der Waals surface area contributed by atoms with Crippen LogP contribution in [0.5, 0.6) is 5.75 Å². The standard InChI is InChI=1S/C22H24BrClN2O3/c1-2-29-20-11-8-14(12-18(20)23)21(27)26-16-9-10-19(24)17(13-16)22(28)25-15-6-4-3-5-7-15/h8-13,15H,2-7H2,1H3,(H,25,28)(H,26,27). The zero-order chi connectivity index (χ0) is 20.8. The Bertz CT molecular complexity index is 898. The molecule has 0 saturated heterocycles. The smallest absolute Gasteiger partial charge is 0.255 e. The molecule has 0 aliphatic heterocycles. The van der Waals surface area contributed by atoms with Crippen LogP contribution in [0.25, 0.3) is 0 Å². The minimum atomic E-state index is -0.283. The lowest BCUT2D eigenvalue weighted by Gasteiger charge is -2.23. The molecule has 2 aromatic rings. The van der Waals surface area contributed by atoms with Gasteiger partial charge in [0.25, 0.3) is 11.8 Å². The van der Waals surface area contributed by atoms with Crippen molar-refractivity contribution in [2.45, 2.75) is 45.1 Å². The Labute approximate surface area is 184 Å². The molecule has 0 atom stereocenters. The first kappa shape index (κ1) is 21.7. The van der Waals surface area contributed by atoms with Gasteiger partial charge in [-0.25, -0.2) is 0 Å². The molecule has 5 nitrogen and oxygen atoms in total. The van der Waals surface area contributed by atoms with E-state index in [9.17, 15) is 9.59 Å². The maximum Gasteiger partial charge on any atom is 0.255 e. The van der Waals surface area contributed by atoms with Crippen molar-refractivity contribution in [3.05, 3.63) is 57.0 Å². The fourth-order valence-electron chi connectivity index (χ4n) is 3.41. The van der Waals surface area contributed by atoms with E-state index in [1.54, 1.807) is 36.4 Å². The molecule has 1 fully saturated rings. The topological polar surface area (TPSA) is 67.4 Å². The van der Waals surface area contributed by atoms with Crippen LogP contribution in [-0.4, -0.2) is 24.5 Å². The van der Waals surface area contributed by atoms with Crippen molar-refractivity contribution in [3.63, 3.8) is 0 Å². The first-order valence-corrected chi connectivity index (χ1v) is 11.0. The number of amides is 2. The highest BCUT2D eigenvalue weighted by molar-refractivity contribution is 9.10. The minimum Gasteiger partial charge on any atom is -0.493 e. The van der Waals surface area contributed by atoms with Gasteiger partial charge in [-0.05, 0) is 72.1 Å². The molecule has 2 amide bonds. The largest absolute Gasteiger partial charge is 0.493 e. The normalized spacial score (nSPS) is 14.3. The number of carbonyl (C=O) groups excluding carboxylic acids is 2. The summed E-state index contributed by atoms with van der Waals surface area (Å²) < 4.78 is 6.17. The van der Waals surface area contributed by atoms with E-state index in [0.717, 1.165) is 25.7 Å². The highest BCUT2D eigenvalue weighted by Crippen LogP contribution is 2.27. The third-order valence-electron chi connectivity index (χ3n) is 4.90. The number of halogens is 2. The van der Waals surface area contributed by atoms with E-state index in [1.165, 1.54) is 6.42 Å². The molecule has 1 aliphatic carbocycles. The van der Waals surface area contributed by atoms with Crippen molar-refractivity contribution >= 4 is 45.0 Å². The van der Waals surface area contributed by atoms with Gasteiger partial charge in [-0.15, -0.1) is 0 Å². The second-order valence-corrected chi connectivity index (χ2v) is 8.30. The van der Waals surface area contributed by atoms with E-state index in [0.29, 0.717) is 38.7 Å². The number of anilines is 1. The molecule has 2 aromatic carbocycles. The molecular formula is C22H24BrClN2O3. The number of nitrogens with one attached hydrogen (secondary N) is 2. The number of carbonyl (C=O) groups is 2. The Morgan fingerprint density at radius 1 is 1.10 bits per heavy atom. The Kier molecular flexibility index (Phi) is 7.56. The minimum absolute atomic E-state index is 0.187. The van der Waals surface area contributed by atoms with Crippen molar-refractivity contribution in [3.8, 4) is 5.75 Å². The van der Waals surface area contributed by atoms with Gasteiger partial charge in [0.15, 0.2) is 0 Å². The third kappa shape index (κ3) is 5.73. The van der Waals surface area contributed by atoms with E-state index < -0.39 is 0 Å². The van der Waals surface area contributed by atoms with Crippen LogP contribution >= 0.6 is 27.5 Å². The highest BCUT2D eigenvalue weighted by atomic mass is 79.9. The molecule has 154 valence electrons. The van der Waals surface area contributed by atoms with Gasteiger partial charge in [0.1, 0.15) is 5.75 Å². The molecule has 1 aliphatic rings. The molecule has 0 radical (unpaired) electrons. The Morgan fingerprint density at radius 2 is 1.86 bits per heavy atom. The van der Waals surface area contributed by atoms with Gasteiger partial charge < -0.3 is 15.4 Å². The molecule has 2 N–H and O–H groups in total. The predicted octanol–water partition coefficient (Wildman–Crippen LogP) is 5.82. The Hall–Kier alpha value is -2.05. The number of ether oxygens (including phenoxy) is 1. The van der Waals surface area contributed by atoms with Crippen LogP contribution in [0.2, 0.25) is 5.02 Å². The lowest BCUT2D eigenvalue weighted by atomic mass is 9.95. The van der Waals surface area contributed by atoms with E-state index in [4.69, 9.17) is 16.3 Å². The Balaban J connectivity index is 1.71. The highest BCUT2D eigenvalue weighted by Gasteiger charge is 2.19. The summed E-state index contributed by atoms with van der Waals surface area (Å²) in [6.45, 7) is 2.44. The van der Waals surface area contributed by atoms with Crippen LogP contribution in [0.4, 0.5) is 5.69 Å². The molecule has 3 rings (SSSR count). The maximum absolute atomic E-state index is 12.7. The maximum atomic E-state index is 12.7. The van der Waals surface area contributed by atoms with E-state index in [2.05, 4.69) is 26.6 Å². The van der Waals surface area contributed by atoms with Crippen LogP contribution in [0.1, 0.15) is 59.7 Å². The summed E-state index contributed by atoms with van der Waals surface area (Å²) in [6, 6.07) is 10.2. The SMILES string of the molecule is CCOc1ccc(C(=O)Nc2ccc(Cl)c(C(=O)NC3CCCCC3)c2)cc1Br. The van der Waals surface area contributed by atoms with Crippen LogP contribution < -0.4 is 15.4 Å². The summed E-state index contributed by atoms with van der Waals surface area (Å²) in [7, 11) is 0. The van der Waals surface area contributed by atoms with Gasteiger partial charge in [-0.2, -0.15) is 0 Å². The number of rotatable bonds is 6. The summed E-state index contributed by atoms with van der Waals surface area (Å²) in [5, 5.41) is 6.24. The fraction of sp³-hybridized carbons (Fsp3) is 0.364. The van der Waals surface area contributed by atoms with Gasteiger partial charge in [-0.3, -0.25) is 9.59 Å². The summed E-state index contributed by atoms with van der Waals surface area (Å²) >= 11 is 9.65. The molecule has 7 heteroatoms. The van der Waals surface area contributed by atoms with E-state index >= 15 is 0 Å². The van der Waals surface area contributed by atoms with Gasteiger partial charge >= 0.3 is 0 Å². The number of hydrogen-bond donors (Lipinski definition) is 2. The zero-order valence-corrected chi connectivity index (χ0v) is 18.6. The second kappa shape index (κ2) is 10.1. The van der Waals surface area contributed by atoms with Crippen LogP contribution in [0.3, 0.4) is 0 Å². The van der Waals surface area contributed by atoms with Crippen molar-refractivity contribution in [2.24, 2.45) is 0 Å². The summed E-state index contributed by atoms with van der Waals surface area (Å²) in [6.07, 6.45) is 5.47. The molecule has 29 heavy (non-hydrogen) atoms. The summed E-state index contributed by atoms with van der Waals surface area (Å²) in [5.74, 6) is 0.189. The van der Waals surface area contributed by atoms with E-state index in [1.807, 2.05) is 6.92 Å². The fourth-order valence-corrected chi connectivity index (χ4v) is 4.10. The van der Waals surface area contributed by atoms with Crippen molar-refractivity contribution in [1.29, 1.82) is 0 Å². The molecule has 0 bridgehead atoms. The van der Waals surface area contributed by atoms with Gasteiger partial charge in [0.2, 0.25) is 0 Å². The summed E-state index contributed by atoms with van der Waals surface area (Å²) in [5.41, 5.74) is 1.35. The van der Waals surface area contributed by atoms with Crippen LogP contribution in [0.15, 0.2) is 40.9 Å². The zero-order valence-electron chi connectivity index (χ0n) is 16.3. The Morgan fingerprint density at radius 3 is 2.55 bits per heavy atom. The van der Waals surface area contributed by atoms with Gasteiger partial charge in [0.05, 0.1) is 21.7 Å². The van der Waals surface area contributed by atoms with Crippen molar-refractivity contribution < 1.29 is 14.3 Å². The number of benzene rings is 2. The summed E-state index contributed by atoms with van der Waals surface area (Å²) in [4.78, 5) is 25.3. The van der Waals surface area contributed by atoms with Crippen LogP contribution in [-0.2, 0) is 0 Å². The monoisotopic (exact) mass is 478 g/mol. The molecule has 1 saturated carbocycles. The molecule has 0 unspecified atom stereocenters. The molecule has 0 heterocycles. The third-order valence-corrected chi connectivity index (χ3v) is 5.85. The van der Waals surface area contributed by atoms with E-state index in [-0.39, 0.29) is 17.9 Å². The van der Waals surface area contributed by atoms with Gasteiger partial charge in [-0.1, -0.05) is 30.9 Å². The quantitative estimate of drug-likeness (QED) is 0.549. The average Bonchev–Trinajstić information content (AvgIpc) is 2.71. The lowest BCUT2D eigenvalue weighted by Crippen LogP contribution is -2.36. The van der Waals surface area contributed by atoms with Gasteiger partial charge in [0, 0.05) is 17.3 Å². The lowest BCUT2D eigenvalue weighted by molar-refractivity contribution is 0.0926. The van der Waals surface area contributed by atoms with Crippen molar-refractivity contribution in [2.75, 3.05) is 11.9 Å². The van der Waals surface area contributed by atoms with Crippen molar-refractivity contribution in [1.82, 2.24) is 5.32 Å². The van der Waals surface area contributed by atoms with Crippen LogP contribution in [0, 0.1) is 0 Å². The molecular weight excluding hydrogens is 456 g/mol. The average molecular weight is 480 g/mol. The second-order valence-electron chi connectivity index (χ2n) is 7.04. The molecule has 0 aromatic heterocycles. The first-order valence-electron chi connectivity index (χ1n) is 9.82.